The standard InChI is InChI=1S/C44H26N4OS/c1-4-14-27(15-5-1)41-46-42(28-16-6-2-7-17-28)48-43(47-41)33-25-24-32(30-20-10-11-21-31(30)33)39-38-34-22-12-13-23-35(34)49-36(38)26-37-40(39)45-44(50-37)29-18-8-3-9-19-29/h1-26H. The lowest BCUT2D eigenvalue weighted by atomic mass is 9.91. The fourth-order valence-corrected chi connectivity index (χ4v) is 7.89. The van der Waals surface area contributed by atoms with E-state index in [1.54, 1.807) is 11.3 Å². The molecule has 3 heterocycles. The van der Waals surface area contributed by atoms with Gasteiger partial charge in [-0.15, -0.1) is 11.3 Å². The Morgan fingerprint density at radius 1 is 0.420 bits per heavy atom. The number of aromatic nitrogens is 4. The van der Waals surface area contributed by atoms with Gasteiger partial charge in [-0.25, -0.2) is 19.9 Å². The predicted molar refractivity (Wildman–Crippen MR) is 205 cm³/mol. The van der Waals surface area contributed by atoms with Gasteiger partial charge < -0.3 is 4.42 Å². The summed E-state index contributed by atoms with van der Waals surface area (Å²) in [6.07, 6.45) is 0. The fraction of sp³-hybridized carbons (Fsp3) is 0. The number of furan rings is 1. The lowest BCUT2D eigenvalue weighted by molar-refractivity contribution is 0.669. The number of para-hydroxylation sites is 1. The molecule has 234 valence electrons. The molecular formula is C44H26N4OS. The molecule has 10 aromatic rings. The van der Waals surface area contributed by atoms with Crippen molar-refractivity contribution in [3.05, 3.63) is 158 Å². The SMILES string of the molecule is c1ccc(-c2nc(-c3ccccc3)nc(-c3ccc(-c4c5nc(-c6ccccc6)sc5cc5oc6ccccc6c45)c4ccccc34)n2)cc1. The van der Waals surface area contributed by atoms with E-state index in [0.29, 0.717) is 17.5 Å². The second-order valence-electron chi connectivity index (χ2n) is 12.2. The third kappa shape index (κ3) is 4.69. The minimum absolute atomic E-state index is 0.623. The van der Waals surface area contributed by atoms with E-state index < -0.39 is 0 Å². The number of hydrogen-bond acceptors (Lipinski definition) is 6. The van der Waals surface area contributed by atoms with Crippen molar-refractivity contribution in [2.24, 2.45) is 0 Å². The van der Waals surface area contributed by atoms with Gasteiger partial charge in [0.2, 0.25) is 0 Å². The topological polar surface area (TPSA) is 64.7 Å². The highest BCUT2D eigenvalue weighted by molar-refractivity contribution is 7.21. The Morgan fingerprint density at radius 3 is 1.60 bits per heavy atom. The summed E-state index contributed by atoms with van der Waals surface area (Å²) in [6.45, 7) is 0. The van der Waals surface area contributed by atoms with Crippen LogP contribution in [0.2, 0.25) is 0 Å². The van der Waals surface area contributed by atoms with Crippen LogP contribution in [-0.4, -0.2) is 19.9 Å². The van der Waals surface area contributed by atoms with Crippen LogP contribution in [0.1, 0.15) is 0 Å². The zero-order chi connectivity index (χ0) is 33.0. The van der Waals surface area contributed by atoms with Gasteiger partial charge in [0.1, 0.15) is 16.2 Å². The maximum Gasteiger partial charge on any atom is 0.164 e. The van der Waals surface area contributed by atoms with Crippen LogP contribution in [0.3, 0.4) is 0 Å². The Kier molecular flexibility index (Phi) is 6.60. The monoisotopic (exact) mass is 658 g/mol. The van der Waals surface area contributed by atoms with Crippen molar-refractivity contribution < 1.29 is 4.42 Å². The van der Waals surface area contributed by atoms with Crippen LogP contribution in [0.25, 0.3) is 98.8 Å². The molecular weight excluding hydrogens is 633 g/mol. The van der Waals surface area contributed by atoms with Crippen LogP contribution in [0.5, 0.6) is 0 Å². The number of rotatable bonds is 5. The number of nitrogens with zero attached hydrogens (tertiary/aromatic N) is 4. The molecule has 0 aliphatic heterocycles. The van der Waals surface area contributed by atoms with Crippen LogP contribution in [0.15, 0.2) is 162 Å². The second kappa shape index (κ2) is 11.6. The minimum Gasteiger partial charge on any atom is -0.456 e. The summed E-state index contributed by atoms with van der Waals surface area (Å²) in [6, 6.07) is 53.8. The van der Waals surface area contributed by atoms with Crippen molar-refractivity contribution in [1.29, 1.82) is 0 Å². The summed E-state index contributed by atoms with van der Waals surface area (Å²) in [4.78, 5) is 20.4. The first-order chi connectivity index (χ1) is 24.8. The van der Waals surface area contributed by atoms with Gasteiger partial charge in [0, 0.05) is 44.7 Å². The van der Waals surface area contributed by atoms with E-state index in [9.17, 15) is 0 Å². The quantitative estimate of drug-likeness (QED) is 0.184. The Labute approximate surface area is 291 Å². The van der Waals surface area contributed by atoms with Crippen LogP contribution < -0.4 is 0 Å². The molecule has 0 fully saturated rings. The molecule has 0 saturated carbocycles. The normalized spacial score (nSPS) is 11.6. The van der Waals surface area contributed by atoms with Gasteiger partial charge in [0.15, 0.2) is 17.5 Å². The van der Waals surface area contributed by atoms with Crippen molar-refractivity contribution in [2.45, 2.75) is 0 Å². The molecule has 7 aromatic carbocycles. The van der Waals surface area contributed by atoms with Crippen LogP contribution in [0, 0.1) is 0 Å². The maximum atomic E-state index is 6.51. The molecule has 0 radical (unpaired) electrons. The highest BCUT2D eigenvalue weighted by Crippen LogP contribution is 2.47. The van der Waals surface area contributed by atoms with E-state index in [4.69, 9.17) is 24.4 Å². The van der Waals surface area contributed by atoms with E-state index >= 15 is 0 Å². The van der Waals surface area contributed by atoms with E-state index in [2.05, 4.69) is 78.9 Å². The first-order valence-corrected chi connectivity index (χ1v) is 17.3. The van der Waals surface area contributed by atoms with E-state index in [0.717, 1.165) is 81.3 Å². The van der Waals surface area contributed by atoms with Gasteiger partial charge in [-0.1, -0.05) is 140 Å². The van der Waals surface area contributed by atoms with Crippen LogP contribution in [0.4, 0.5) is 0 Å². The zero-order valence-electron chi connectivity index (χ0n) is 26.6. The predicted octanol–water partition coefficient (Wildman–Crippen LogP) is 11.9. The third-order valence-electron chi connectivity index (χ3n) is 9.18. The van der Waals surface area contributed by atoms with E-state index in [1.807, 2.05) is 78.9 Å². The molecule has 10 rings (SSSR count). The molecule has 3 aromatic heterocycles. The van der Waals surface area contributed by atoms with Crippen molar-refractivity contribution in [3.63, 3.8) is 0 Å². The molecule has 6 heteroatoms. The first kappa shape index (κ1) is 28.5. The average molecular weight is 659 g/mol. The fourth-order valence-electron chi connectivity index (χ4n) is 6.88. The number of benzene rings is 7. The van der Waals surface area contributed by atoms with Crippen LogP contribution >= 0.6 is 11.3 Å². The lowest BCUT2D eigenvalue weighted by Gasteiger charge is -2.14. The van der Waals surface area contributed by atoms with Gasteiger partial charge in [0.05, 0.1) is 10.2 Å². The molecule has 50 heavy (non-hydrogen) atoms. The van der Waals surface area contributed by atoms with Crippen molar-refractivity contribution in [2.75, 3.05) is 0 Å². The maximum absolute atomic E-state index is 6.51. The Balaban J connectivity index is 1.25. The molecule has 0 bridgehead atoms. The highest BCUT2D eigenvalue weighted by atomic mass is 32.1. The highest BCUT2D eigenvalue weighted by Gasteiger charge is 2.23. The molecule has 0 atom stereocenters. The number of fused-ring (bicyclic) bond motifs is 5. The molecule has 0 amide bonds. The largest absolute Gasteiger partial charge is 0.456 e. The van der Waals surface area contributed by atoms with Gasteiger partial charge >= 0.3 is 0 Å². The number of thiazole rings is 1. The van der Waals surface area contributed by atoms with Gasteiger partial charge in [-0.2, -0.15) is 0 Å². The van der Waals surface area contributed by atoms with Gasteiger partial charge in [-0.05, 0) is 28.5 Å². The molecule has 0 aliphatic carbocycles. The Hall–Kier alpha value is -6.50. The van der Waals surface area contributed by atoms with E-state index in [-0.39, 0.29) is 0 Å². The van der Waals surface area contributed by atoms with Gasteiger partial charge in [-0.3, -0.25) is 0 Å². The molecule has 0 N–H and O–H groups in total. The summed E-state index contributed by atoms with van der Waals surface area (Å²) in [7, 11) is 0. The van der Waals surface area contributed by atoms with Crippen molar-refractivity contribution >= 4 is 54.3 Å². The number of hydrogen-bond donors (Lipinski definition) is 0. The van der Waals surface area contributed by atoms with Crippen LogP contribution in [-0.2, 0) is 0 Å². The molecule has 0 aliphatic rings. The Bertz CT molecular complexity index is 2810. The molecule has 0 saturated heterocycles. The summed E-state index contributed by atoms with van der Waals surface area (Å²) in [5.41, 5.74) is 8.72. The minimum atomic E-state index is 0.623. The molecule has 0 spiro atoms. The summed E-state index contributed by atoms with van der Waals surface area (Å²) in [5, 5.41) is 5.24. The zero-order valence-corrected chi connectivity index (χ0v) is 27.4. The average Bonchev–Trinajstić information content (AvgIpc) is 3.79. The van der Waals surface area contributed by atoms with Crippen molar-refractivity contribution in [1.82, 2.24) is 19.9 Å². The third-order valence-corrected chi connectivity index (χ3v) is 10.2. The first-order valence-electron chi connectivity index (χ1n) is 16.5. The van der Waals surface area contributed by atoms with E-state index in [1.165, 1.54) is 0 Å². The smallest absolute Gasteiger partial charge is 0.164 e. The molecule has 5 nitrogen and oxygen atoms in total. The summed E-state index contributed by atoms with van der Waals surface area (Å²) < 4.78 is 7.58. The summed E-state index contributed by atoms with van der Waals surface area (Å²) >= 11 is 1.69. The second-order valence-corrected chi connectivity index (χ2v) is 13.2. The lowest BCUT2D eigenvalue weighted by Crippen LogP contribution is -2.00. The summed E-state index contributed by atoms with van der Waals surface area (Å²) in [5.74, 6) is 1.89. The molecule has 0 unspecified atom stereocenters. The van der Waals surface area contributed by atoms with Gasteiger partial charge in [0.25, 0.3) is 0 Å². The Morgan fingerprint density at radius 2 is 0.940 bits per heavy atom. The van der Waals surface area contributed by atoms with Crippen molar-refractivity contribution in [3.8, 4) is 55.9 Å².